The summed E-state index contributed by atoms with van der Waals surface area (Å²) in [6.07, 6.45) is 35.0. The van der Waals surface area contributed by atoms with Gasteiger partial charge < -0.3 is 23.8 Å². The molecule has 0 saturated carbocycles. The summed E-state index contributed by atoms with van der Waals surface area (Å²) in [6, 6.07) is -0.613. The van der Waals surface area contributed by atoms with Crippen LogP contribution in [-0.4, -0.2) is 80.6 Å². The monoisotopic (exact) mass is 709 g/mol. The minimum absolute atomic E-state index is 0.0531. The van der Waals surface area contributed by atoms with E-state index in [1.54, 1.807) is 0 Å². The average Bonchev–Trinajstić information content (AvgIpc) is 3.06. The Balaban J connectivity index is 4.41. The lowest BCUT2D eigenvalue weighted by molar-refractivity contribution is -0.887. The van der Waals surface area contributed by atoms with E-state index in [0.29, 0.717) is 19.3 Å². The first kappa shape index (κ1) is 47.8. The van der Waals surface area contributed by atoms with Crippen LogP contribution in [0.25, 0.3) is 0 Å². The molecule has 0 radical (unpaired) electrons. The van der Waals surface area contributed by atoms with Crippen molar-refractivity contribution in [3.05, 3.63) is 24.3 Å². The molecule has 0 aromatic heterocycles. The number of hydrogen-bond acceptors (Lipinski definition) is 6. The van der Waals surface area contributed by atoms with Crippen molar-refractivity contribution in [2.75, 3.05) is 41.0 Å². The van der Waals surface area contributed by atoms with Crippen LogP contribution >= 0.6 is 0 Å². The van der Waals surface area contributed by atoms with Crippen molar-refractivity contribution in [2.45, 2.75) is 187 Å². The summed E-state index contributed by atoms with van der Waals surface area (Å²) in [5.74, 6) is -1.48. The van der Waals surface area contributed by atoms with Gasteiger partial charge in [0.15, 0.2) is 12.1 Å². The maximum Gasteiger partial charge on any atom is 0.362 e. The largest absolute Gasteiger partial charge is 0.477 e. The van der Waals surface area contributed by atoms with Crippen molar-refractivity contribution in [1.82, 2.24) is 0 Å². The van der Waals surface area contributed by atoms with Gasteiger partial charge in [0, 0.05) is 19.3 Å². The number of aliphatic carboxylic acids is 1. The lowest BCUT2D eigenvalue weighted by Gasteiger charge is -2.31. The number of carboxylic acids is 1. The molecular weight excluding hydrogens is 630 g/mol. The number of quaternary nitrogens is 1. The van der Waals surface area contributed by atoms with Gasteiger partial charge in [-0.2, -0.15) is 0 Å². The highest BCUT2D eigenvalue weighted by Gasteiger charge is 2.31. The summed E-state index contributed by atoms with van der Waals surface area (Å²) < 4.78 is 17.2. The molecule has 8 nitrogen and oxygen atoms in total. The average molecular weight is 709 g/mol. The Morgan fingerprint density at radius 1 is 0.600 bits per heavy atom. The van der Waals surface area contributed by atoms with E-state index < -0.39 is 18.1 Å². The Kier molecular flexibility index (Phi) is 32.4. The van der Waals surface area contributed by atoms with Crippen LogP contribution in [0.5, 0.6) is 0 Å². The molecule has 0 spiro atoms. The van der Waals surface area contributed by atoms with Crippen LogP contribution in [0, 0.1) is 0 Å². The third-order valence-corrected chi connectivity index (χ3v) is 9.10. The van der Waals surface area contributed by atoms with Crippen LogP contribution in [0.3, 0.4) is 0 Å². The van der Waals surface area contributed by atoms with Gasteiger partial charge in [-0.15, -0.1) is 0 Å². The number of allylic oxidation sites excluding steroid dienone is 4. The molecule has 0 heterocycles. The van der Waals surface area contributed by atoms with E-state index >= 15 is 0 Å². The van der Waals surface area contributed by atoms with E-state index in [1.807, 2.05) is 21.1 Å². The fourth-order valence-electron chi connectivity index (χ4n) is 5.89. The molecule has 0 bridgehead atoms. The Morgan fingerprint density at radius 3 is 1.58 bits per heavy atom. The topological polar surface area (TPSA) is 99.1 Å². The van der Waals surface area contributed by atoms with Crippen LogP contribution in [-0.2, 0) is 28.6 Å². The molecule has 0 aliphatic rings. The fourth-order valence-corrected chi connectivity index (χ4v) is 5.89. The van der Waals surface area contributed by atoms with Gasteiger partial charge in [-0.3, -0.25) is 9.59 Å². The van der Waals surface area contributed by atoms with E-state index in [9.17, 15) is 19.5 Å². The Labute approximate surface area is 307 Å². The van der Waals surface area contributed by atoms with Crippen LogP contribution in [0.4, 0.5) is 0 Å². The molecular formula is C42H78NO7+. The van der Waals surface area contributed by atoms with E-state index in [2.05, 4.69) is 38.2 Å². The Morgan fingerprint density at radius 2 is 1.06 bits per heavy atom. The number of esters is 2. The van der Waals surface area contributed by atoms with Gasteiger partial charge in [0.2, 0.25) is 0 Å². The van der Waals surface area contributed by atoms with Crippen LogP contribution in [0.2, 0.25) is 0 Å². The molecule has 0 amide bonds. The second-order valence-corrected chi connectivity index (χ2v) is 14.9. The zero-order valence-corrected chi connectivity index (χ0v) is 33.1. The molecule has 50 heavy (non-hydrogen) atoms. The van der Waals surface area contributed by atoms with Crippen molar-refractivity contribution >= 4 is 17.9 Å². The highest BCUT2D eigenvalue weighted by Crippen LogP contribution is 2.14. The predicted octanol–water partition coefficient (Wildman–Crippen LogP) is 10.5. The van der Waals surface area contributed by atoms with Crippen molar-refractivity contribution < 1.29 is 38.2 Å². The quantitative estimate of drug-likeness (QED) is 0.0299. The van der Waals surface area contributed by atoms with Gasteiger partial charge >= 0.3 is 17.9 Å². The van der Waals surface area contributed by atoms with Gasteiger partial charge in [-0.05, 0) is 44.9 Å². The van der Waals surface area contributed by atoms with Gasteiger partial charge in [0.1, 0.15) is 6.61 Å². The van der Waals surface area contributed by atoms with E-state index in [4.69, 9.17) is 14.2 Å². The van der Waals surface area contributed by atoms with Gasteiger partial charge in [-0.1, -0.05) is 134 Å². The summed E-state index contributed by atoms with van der Waals surface area (Å²) in [7, 11) is 5.52. The zero-order valence-electron chi connectivity index (χ0n) is 33.1. The third-order valence-electron chi connectivity index (χ3n) is 9.10. The standard InChI is InChI=1S/C42H77NO7/c1-6-8-10-12-14-16-18-19-20-21-23-25-27-29-31-33-41(45)50-38(36-48-35-34-39(42(46)47)43(3,4)5)37-49-40(44)32-30-28-26-24-22-17-15-13-11-9-7-2/h14,16,19-20,38-39H,6-13,15,17-18,21-37H2,1-5H3/p+1/b16-14-,20-19-. The predicted molar refractivity (Wildman–Crippen MR) is 206 cm³/mol. The smallest absolute Gasteiger partial charge is 0.362 e. The molecule has 0 aromatic rings. The molecule has 0 aliphatic carbocycles. The van der Waals surface area contributed by atoms with E-state index in [1.165, 1.54) is 77.0 Å². The molecule has 0 rings (SSSR count). The lowest BCUT2D eigenvalue weighted by atomic mass is 10.1. The summed E-state index contributed by atoms with van der Waals surface area (Å²) in [5.41, 5.74) is 0. The minimum atomic E-state index is -0.877. The maximum atomic E-state index is 12.7. The second-order valence-electron chi connectivity index (χ2n) is 14.9. The SMILES string of the molecule is CCCCC/C=C\C/C=C\CCCCCCCC(=O)OC(COCCC(C(=O)O)[N+](C)(C)C)COC(=O)CCCCCCCCCCCCC. The van der Waals surface area contributed by atoms with Crippen LogP contribution in [0.1, 0.15) is 174 Å². The van der Waals surface area contributed by atoms with Crippen LogP contribution in [0.15, 0.2) is 24.3 Å². The second kappa shape index (κ2) is 33.9. The summed E-state index contributed by atoms with van der Waals surface area (Å²) >= 11 is 0. The number of carbonyl (C=O) groups excluding carboxylic acids is 2. The normalized spacial score (nSPS) is 13.2. The van der Waals surface area contributed by atoms with E-state index in [0.717, 1.165) is 64.2 Å². The number of rotatable bonds is 36. The Bertz CT molecular complexity index is 880. The summed E-state index contributed by atoms with van der Waals surface area (Å²) in [4.78, 5) is 36.8. The number of carbonyl (C=O) groups is 3. The maximum absolute atomic E-state index is 12.7. The zero-order chi connectivity index (χ0) is 37.1. The molecule has 2 atom stereocenters. The van der Waals surface area contributed by atoms with Crippen molar-refractivity contribution in [3.63, 3.8) is 0 Å². The van der Waals surface area contributed by atoms with Crippen molar-refractivity contribution in [1.29, 1.82) is 0 Å². The molecule has 2 unspecified atom stereocenters. The third kappa shape index (κ3) is 31.8. The molecule has 0 aromatic carbocycles. The number of ether oxygens (including phenoxy) is 3. The van der Waals surface area contributed by atoms with Gasteiger partial charge in [0.25, 0.3) is 0 Å². The molecule has 8 heteroatoms. The first-order valence-corrected chi connectivity index (χ1v) is 20.4. The number of hydrogen-bond donors (Lipinski definition) is 1. The number of carboxylic acid groups (broad SMARTS) is 1. The highest BCUT2D eigenvalue weighted by molar-refractivity contribution is 5.72. The molecule has 0 aliphatic heterocycles. The number of unbranched alkanes of at least 4 members (excludes halogenated alkanes) is 18. The van der Waals surface area contributed by atoms with Crippen molar-refractivity contribution in [3.8, 4) is 0 Å². The van der Waals surface area contributed by atoms with Crippen LogP contribution < -0.4 is 0 Å². The first-order valence-electron chi connectivity index (χ1n) is 20.4. The number of nitrogens with zero attached hydrogens (tertiary/aromatic N) is 1. The Hall–Kier alpha value is -2.19. The number of likely N-dealkylation sites (N-methyl/N-ethyl adjacent to an activating group) is 1. The molecule has 0 fully saturated rings. The van der Waals surface area contributed by atoms with Gasteiger partial charge in [-0.25, -0.2) is 4.79 Å². The lowest BCUT2D eigenvalue weighted by Crippen LogP contribution is -2.50. The van der Waals surface area contributed by atoms with Crippen molar-refractivity contribution in [2.24, 2.45) is 0 Å². The summed E-state index contributed by atoms with van der Waals surface area (Å²) in [6.45, 7) is 4.68. The van der Waals surface area contributed by atoms with E-state index in [-0.39, 0.29) is 36.2 Å². The highest BCUT2D eigenvalue weighted by atomic mass is 16.6. The minimum Gasteiger partial charge on any atom is -0.477 e. The molecule has 1 N–H and O–H groups in total. The molecule has 292 valence electrons. The molecule has 0 saturated heterocycles. The first-order chi connectivity index (χ1) is 24.1. The summed E-state index contributed by atoms with van der Waals surface area (Å²) in [5, 5.41) is 9.59. The van der Waals surface area contributed by atoms with Gasteiger partial charge in [0.05, 0.1) is 34.4 Å². The fraction of sp³-hybridized carbons (Fsp3) is 0.833.